The summed E-state index contributed by atoms with van der Waals surface area (Å²) in [6, 6.07) is 14.3. The molecule has 0 saturated heterocycles. The molecule has 0 radical (unpaired) electrons. The molecule has 178 valence electrons. The number of rotatable bonds is 8. The second-order valence-electron chi connectivity index (χ2n) is 8.60. The van der Waals surface area contributed by atoms with Crippen LogP contribution >= 0.6 is 0 Å². The highest BCUT2D eigenvalue weighted by molar-refractivity contribution is 6.07. The minimum Gasteiger partial charge on any atom is -0.465 e. The molecular weight excluding hydrogens is 428 g/mol. The number of carbonyl (C=O) groups is 2. The smallest absolute Gasteiger partial charge is 0.337 e. The molecule has 0 aliphatic heterocycles. The van der Waals surface area contributed by atoms with Crippen molar-refractivity contribution in [2.24, 2.45) is 17.4 Å². The Morgan fingerprint density at radius 3 is 2.12 bits per heavy atom. The van der Waals surface area contributed by atoms with E-state index in [9.17, 15) is 9.59 Å². The van der Waals surface area contributed by atoms with E-state index in [1.54, 1.807) is 24.3 Å². The Balaban J connectivity index is 2.09. The molecule has 0 spiro atoms. The first-order valence-electron chi connectivity index (χ1n) is 11.3. The molecule has 0 unspecified atom stereocenters. The lowest BCUT2D eigenvalue weighted by atomic mass is 9.92. The molecular formula is C27H32N4O3. The normalized spacial score (nSPS) is 10.9. The topological polar surface area (TPSA) is 120 Å². The van der Waals surface area contributed by atoms with Crippen LogP contribution in [0.4, 0.5) is 5.69 Å². The number of ether oxygens (including phenoxy) is 1. The van der Waals surface area contributed by atoms with Crippen molar-refractivity contribution in [3.05, 3.63) is 82.2 Å². The average molecular weight is 461 g/mol. The van der Waals surface area contributed by atoms with E-state index in [1.165, 1.54) is 7.11 Å². The maximum absolute atomic E-state index is 13.2. The van der Waals surface area contributed by atoms with E-state index in [2.05, 4.69) is 19.2 Å². The minimum atomic E-state index is -0.455. The summed E-state index contributed by atoms with van der Waals surface area (Å²) >= 11 is 0. The van der Waals surface area contributed by atoms with E-state index >= 15 is 0 Å². The summed E-state index contributed by atoms with van der Waals surface area (Å²) in [7, 11) is 1.32. The largest absolute Gasteiger partial charge is 0.465 e. The number of hydrogen-bond acceptors (Lipinski definition) is 6. The molecule has 0 aliphatic rings. The van der Waals surface area contributed by atoms with Crippen LogP contribution in [0, 0.1) is 12.8 Å². The monoisotopic (exact) mass is 460 g/mol. The van der Waals surface area contributed by atoms with Crippen molar-refractivity contribution < 1.29 is 14.3 Å². The van der Waals surface area contributed by atoms with Gasteiger partial charge in [0.15, 0.2) is 0 Å². The molecule has 0 aliphatic carbocycles. The van der Waals surface area contributed by atoms with Crippen LogP contribution in [0.2, 0.25) is 0 Å². The van der Waals surface area contributed by atoms with Crippen molar-refractivity contribution in [1.29, 1.82) is 0 Å². The fraction of sp³-hybridized carbons (Fsp3) is 0.296. The highest BCUT2D eigenvalue weighted by Gasteiger charge is 2.21. The number of amides is 1. The molecule has 5 N–H and O–H groups in total. The Labute approximate surface area is 200 Å². The van der Waals surface area contributed by atoms with Gasteiger partial charge >= 0.3 is 5.97 Å². The van der Waals surface area contributed by atoms with E-state index in [0.717, 1.165) is 34.4 Å². The number of hydrogen-bond donors (Lipinski definition) is 3. The third-order valence-corrected chi connectivity index (χ3v) is 5.66. The average Bonchev–Trinajstić information content (AvgIpc) is 2.84. The highest BCUT2D eigenvalue weighted by atomic mass is 16.5. The zero-order valence-corrected chi connectivity index (χ0v) is 20.1. The van der Waals surface area contributed by atoms with Gasteiger partial charge in [-0.05, 0) is 60.2 Å². The lowest BCUT2D eigenvalue weighted by Crippen LogP contribution is -2.18. The summed E-state index contributed by atoms with van der Waals surface area (Å²) in [6.45, 7) is 6.91. The quantitative estimate of drug-likeness (QED) is 0.433. The molecule has 2 aromatic carbocycles. The van der Waals surface area contributed by atoms with Crippen LogP contribution in [0.3, 0.4) is 0 Å². The summed E-state index contributed by atoms with van der Waals surface area (Å²) in [5.41, 5.74) is 18.8. The lowest BCUT2D eigenvalue weighted by molar-refractivity contribution is 0.0600. The molecule has 0 atom stereocenters. The number of benzene rings is 2. The molecule has 1 aromatic heterocycles. The maximum Gasteiger partial charge on any atom is 0.337 e. The van der Waals surface area contributed by atoms with Gasteiger partial charge in [0.2, 0.25) is 0 Å². The first-order chi connectivity index (χ1) is 16.3. The second kappa shape index (κ2) is 11.0. The summed E-state index contributed by atoms with van der Waals surface area (Å²) in [5, 5.41) is 3.04. The van der Waals surface area contributed by atoms with Crippen molar-refractivity contribution in [2.75, 3.05) is 12.4 Å². The Hall–Kier alpha value is -3.55. The molecule has 1 heterocycles. The zero-order chi connectivity index (χ0) is 24.8. The standard InChI is InChI=1S/C27H32N4O3/c1-16(2)13-23-22(15-29)24(19-7-5-18(14-28)6-8-19)25(17(3)30-23)31-26(32)20-9-11-21(12-10-20)27(33)34-4/h5-12,16H,13-15,28-29H2,1-4H3,(H,31,32). The van der Waals surface area contributed by atoms with Crippen LogP contribution in [-0.2, 0) is 24.2 Å². The van der Waals surface area contributed by atoms with Gasteiger partial charge in [0.25, 0.3) is 5.91 Å². The molecule has 3 aromatic rings. The third kappa shape index (κ3) is 5.50. The number of nitrogens with two attached hydrogens (primary N) is 2. The number of anilines is 1. The van der Waals surface area contributed by atoms with Crippen molar-refractivity contribution in [3.8, 4) is 11.1 Å². The van der Waals surface area contributed by atoms with Gasteiger partial charge in [-0.15, -0.1) is 0 Å². The third-order valence-electron chi connectivity index (χ3n) is 5.66. The number of nitrogens with one attached hydrogen (secondary N) is 1. The number of esters is 1. The van der Waals surface area contributed by atoms with Crippen molar-refractivity contribution in [3.63, 3.8) is 0 Å². The number of aromatic nitrogens is 1. The summed E-state index contributed by atoms with van der Waals surface area (Å²) in [5.74, 6) is -0.359. The second-order valence-corrected chi connectivity index (χ2v) is 8.60. The highest BCUT2D eigenvalue weighted by Crippen LogP contribution is 2.36. The van der Waals surface area contributed by atoms with Gasteiger partial charge < -0.3 is 21.5 Å². The van der Waals surface area contributed by atoms with Crippen LogP contribution < -0.4 is 16.8 Å². The number of pyridine rings is 1. The van der Waals surface area contributed by atoms with E-state index in [4.69, 9.17) is 21.2 Å². The lowest BCUT2D eigenvalue weighted by Gasteiger charge is -2.21. The molecule has 0 saturated carbocycles. The number of carbonyl (C=O) groups excluding carboxylic acids is 2. The molecule has 0 fully saturated rings. The van der Waals surface area contributed by atoms with Crippen molar-refractivity contribution >= 4 is 17.6 Å². The molecule has 34 heavy (non-hydrogen) atoms. The first kappa shape index (κ1) is 25.1. The van der Waals surface area contributed by atoms with Crippen LogP contribution in [0.25, 0.3) is 11.1 Å². The molecule has 7 heteroatoms. The van der Waals surface area contributed by atoms with E-state index in [-0.39, 0.29) is 5.91 Å². The predicted octanol–water partition coefficient (Wildman–Crippen LogP) is 4.21. The van der Waals surface area contributed by atoms with Gasteiger partial charge in [-0.25, -0.2) is 4.79 Å². The van der Waals surface area contributed by atoms with Crippen LogP contribution in [0.15, 0.2) is 48.5 Å². The maximum atomic E-state index is 13.2. The van der Waals surface area contributed by atoms with Crippen molar-refractivity contribution in [1.82, 2.24) is 4.98 Å². The van der Waals surface area contributed by atoms with Gasteiger partial charge in [0.05, 0.1) is 24.1 Å². The van der Waals surface area contributed by atoms with Crippen molar-refractivity contribution in [2.45, 2.75) is 40.3 Å². The molecule has 3 rings (SSSR count). The summed E-state index contributed by atoms with van der Waals surface area (Å²) in [4.78, 5) is 29.7. The summed E-state index contributed by atoms with van der Waals surface area (Å²) < 4.78 is 4.73. The Morgan fingerprint density at radius 1 is 0.971 bits per heavy atom. The zero-order valence-electron chi connectivity index (χ0n) is 20.1. The van der Waals surface area contributed by atoms with Crippen LogP contribution in [0.5, 0.6) is 0 Å². The fourth-order valence-electron chi connectivity index (χ4n) is 3.92. The van der Waals surface area contributed by atoms with Gasteiger partial charge in [-0.2, -0.15) is 0 Å². The molecule has 7 nitrogen and oxygen atoms in total. The number of methoxy groups -OCH3 is 1. The fourth-order valence-corrected chi connectivity index (χ4v) is 3.92. The molecule has 1 amide bonds. The van der Waals surface area contributed by atoms with Crippen LogP contribution in [0.1, 0.15) is 57.1 Å². The van der Waals surface area contributed by atoms with Gasteiger partial charge in [0, 0.05) is 29.9 Å². The van der Waals surface area contributed by atoms with Crippen LogP contribution in [-0.4, -0.2) is 24.0 Å². The minimum absolute atomic E-state index is 0.292. The Bertz CT molecular complexity index is 1170. The first-order valence-corrected chi connectivity index (χ1v) is 11.3. The number of nitrogens with zero attached hydrogens (tertiary/aromatic N) is 1. The van der Waals surface area contributed by atoms with E-state index in [0.29, 0.717) is 41.5 Å². The Morgan fingerprint density at radius 2 is 1.59 bits per heavy atom. The van der Waals surface area contributed by atoms with Gasteiger partial charge in [-0.3, -0.25) is 9.78 Å². The van der Waals surface area contributed by atoms with Gasteiger partial charge in [-0.1, -0.05) is 38.1 Å². The predicted molar refractivity (Wildman–Crippen MR) is 134 cm³/mol. The SMILES string of the molecule is COC(=O)c1ccc(C(=O)Nc2c(C)nc(CC(C)C)c(CN)c2-c2ccc(CN)cc2)cc1. The van der Waals surface area contributed by atoms with E-state index < -0.39 is 5.97 Å². The van der Waals surface area contributed by atoms with Gasteiger partial charge in [0.1, 0.15) is 0 Å². The Kier molecular flexibility index (Phi) is 8.15. The number of aryl methyl sites for hydroxylation is 1. The van der Waals surface area contributed by atoms with E-state index in [1.807, 2.05) is 31.2 Å². The summed E-state index contributed by atoms with van der Waals surface area (Å²) in [6.07, 6.45) is 0.782. The molecule has 0 bridgehead atoms.